The molecule has 14 heavy (non-hydrogen) atoms. The minimum atomic E-state index is -0.393. The van der Waals surface area contributed by atoms with Gasteiger partial charge in [-0.15, -0.1) is 11.8 Å². The van der Waals surface area contributed by atoms with E-state index in [-0.39, 0.29) is 11.7 Å². The summed E-state index contributed by atoms with van der Waals surface area (Å²) in [6, 6.07) is 4.03. The summed E-state index contributed by atoms with van der Waals surface area (Å²) in [7, 11) is 0. The first kappa shape index (κ1) is 10.8. The molecule has 0 heterocycles. The first-order valence-corrected chi connectivity index (χ1v) is 4.79. The molecule has 0 radical (unpaired) electrons. The van der Waals surface area contributed by atoms with Crippen LogP contribution in [0.2, 0.25) is 0 Å². The average Bonchev–Trinajstić information content (AvgIpc) is 2.16. The van der Waals surface area contributed by atoms with Crippen LogP contribution in [-0.4, -0.2) is 11.7 Å². The van der Waals surface area contributed by atoms with Crippen LogP contribution in [0.15, 0.2) is 23.1 Å². The number of thioether (sulfide) groups is 1. The van der Waals surface area contributed by atoms with Crippen LogP contribution in [0.3, 0.4) is 0 Å². The van der Waals surface area contributed by atoms with Crippen molar-refractivity contribution in [2.24, 2.45) is 5.84 Å². The van der Waals surface area contributed by atoms with Crippen LogP contribution < -0.4 is 17.0 Å². The fraction of sp³-hybridized carbons (Fsp3) is 0.125. The summed E-state index contributed by atoms with van der Waals surface area (Å²) >= 11 is 1.20. The second-order valence-corrected chi connectivity index (χ2v) is 3.56. The highest BCUT2D eigenvalue weighted by molar-refractivity contribution is 8.00. The lowest BCUT2D eigenvalue weighted by atomic mass is 10.3. The number of benzene rings is 1. The fourth-order valence-electron chi connectivity index (χ4n) is 0.836. The lowest BCUT2D eigenvalue weighted by molar-refractivity contribution is -0.118. The van der Waals surface area contributed by atoms with E-state index in [1.165, 1.54) is 30.0 Å². The number of rotatable bonds is 3. The average molecular weight is 215 g/mol. The lowest BCUT2D eigenvalue weighted by Gasteiger charge is -2.04. The summed E-state index contributed by atoms with van der Waals surface area (Å²) in [5.74, 6) is 4.35. The molecule has 4 nitrogen and oxygen atoms in total. The number of hydrogen-bond donors (Lipinski definition) is 3. The van der Waals surface area contributed by atoms with Gasteiger partial charge in [0.1, 0.15) is 5.82 Å². The molecule has 0 aliphatic carbocycles. The molecule has 1 aromatic carbocycles. The summed E-state index contributed by atoms with van der Waals surface area (Å²) in [4.78, 5) is 11.5. The lowest BCUT2D eigenvalue weighted by Crippen LogP contribution is -2.31. The van der Waals surface area contributed by atoms with Gasteiger partial charge in [-0.3, -0.25) is 10.2 Å². The van der Waals surface area contributed by atoms with Gasteiger partial charge in [-0.05, 0) is 18.2 Å². The van der Waals surface area contributed by atoms with Crippen LogP contribution in [0.4, 0.5) is 10.1 Å². The molecule has 0 aliphatic rings. The van der Waals surface area contributed by atoms with Crippen LogP contribution in [-0.2, 0) is 4.79 Å². The summed E-state index contributed by atoms with van der Waals surface area (Å²) in [6.45, 7) is 0. The molecule has 76 valence electrons. The number of carbonyl (C=O) groups is 1. The van der Waals surface area contributed by atoms with E-state index in [1.807, 2.05) is 5.43 Å². The molecule has 1 aromatic rings. The molecule has 0 saturated carbocycles. The van der Waals surface area contributed by atoms with Gasteiger partial charge in [0.25, 0.3) is 0 Å². The van der Waals surface area contributed by atoms with E-state index in [0.29, 0.717) is 10.6 Å². The minimum absolute atomic E-state index is 0.159. The predicted octanol–water partition coefficient (Wildman–Crippen LogP) is 0.490. The van der Waals surface area contributed by atoms with Crippen molar-refractivity contribution in [3.63, 3.8) is 0 Å². The van der Waals surface area contributed by atoms with Crippen molar-refractivity contribution >= 4 is 23.4 Å². The quantitative estimate of drug-likeness (QED) is 0.225. The zero-order chi connectivity index (χ0) is 10.6. The maximum Gasteiger partial charge on any atom is 0.244 e. The van der Waals surface area contributed by atoms with Gasteiger partial charge in [-0.1, -0.05) is 0 Å². The number of carbonyl (C=O) groups excluding carboxylic acids is 1. The summed E-state index contributed by atoms with van der Waals surface area (Å²) in [5.41, 5.74) is 7.84. The first-order valence-electron chi connectivity index (χ1n) is 3.80. The molecule has 0 unspecified atom stereocenters. The highest BCUT2D eigenvalue weighted by Gasteiger charge is 2.04. The Morgan fingerprint density at radius 1 is 1.57 bits per heavy atom. The van der Waals surface area contributed by atoms with Crippen molar-refractivity contribution in [3.8, 4) is 0 Å². The SMILES string of the molecule is NNC(=O)CSc1ccc(F)cc1N. The van der Waals surface area contributed by atoms with E-state index in [9.17, 15) is 9.18 Å². The Balaban J connectivity index is 2.63. The molecule has 0 atom stereocenters. The van der Waals surface area contributed by atoms with Crippen molar-refractivity contribution in [2.75, 3.05) is 11.5 Å². The summed E-state index contributed by atoms with van der Waals surface area (Å²) < 4.78 is 12.6. The first-order chi connectivity index (χ1) is 6.63. The summed E-state index contributed by atoms with van der Waals surface area (Å²) in [6.07, 6.45) is 0. The standard InChI is InChI=1S/C8H10FN3OS/c9-5-1-2-7(6(10)3-5)14-4-8(13)12-11/h1-3H,4,10-11H2,(H,12,13). The Labute approximate surface area is 84.8 Å². The molecule has 0 bridgehead atoms. The van der Waals surface area contributed by atoms with Gasteiger partial charge in [0, 0.05) is 10.6 Å². The number of nitrogens with two attached hydrogens (primary N) is 2. The van der Waals surface area contributed by atoms with Crippen molar-refractivity contribution in [2.45, 2.75) is 4.90 Å². The number of nitrogens with one attached hydrogen (secondary N) is 1. The van der Waals surface area contributed by atoms with Gasteiger partial charge >= 0.3 is 0 Å². The van der Waals surface area contributed by atoms with Gasteiger partial charge in [-0.25, -0.2) is 10.2 Å². The second kappa shape index (κ2) is 4.83. The van der Waals surface area contributed by atoms with Gasteiger partial charge in [0.15, 0.2) is 0 Å². The van der Waals surface area contributed by atoms with Crippen molar-refractivity contribution in [1.29, 1.82) is 0 Å². The largest absolute Gasteiger partial charge is 0.398 e. The third-order valence-electron chi connectivity index (χ3n) is 1.49. The van der Waals surface area contributed by atoms with Gasteiger partial charge in [0.05, 0.1) is 5.75 Å². The smallest absolute Gasteiger partial charge is 0.244 e. The molecule has 0 saturated heterocycles. The van der Waals surface area contributed by atoms with Gasteiger partial charge in [0.2, 0.25) is 5.91 Å². The Hall–Kier alpha value is -1.27. The fourth-order valence-corrected chi connectivity index (χ4v) is 1.60. The van der Waals surface area contributed by atoms with Crippen LogP contribution in [0.5, 0.6) is 0 Å². The molecule has 0 aliphatic heterocycles. The molecule has 1 rings (SSSR count). The van der Waals surface area contributed by atoms with E-state index in [2.05, 4.69) is 0 Å². The van der Waals surface area contributed by atoms with E-state index in [1.54, 1.807) is 0 Å². The van der Waals surface area contributed by atoms with Crippen LogP contribution in [0, 0.1) is 5.82 Å². The highest BCUT2D eigenvalue weighted by Crippen LogP contribution is 2.24. The maximum atomic E-state index is 12.6. The van der Waals surface area contributed by atoms with Gasteiger partial charge in [-0.2, -0.15) is 0 Å². The Morgan fingerprint density at radius 3 is 2.86 bits per heavy atom. The molecule has 0 aromatic heterocycles. The number of hydrazine groups is 1. The summed E-state index contributed by atoms with van der Waals surface area (Å²) in [5, 5.41) is 0. The molecule has 6 heteroatoms. The van der Waals surface area contributed by atoms with Crippen molar-refractivity contribution in [1.82, 2.24) is 5.43 Å². The van der Waals surface area contributed by atoms with E-state index < -0.39 is 5.82 Å². The van der Waals surface area contributed by atoms with Crippen molar-refractivity contribution in [3.05, 3.63) is 24.0 Å². The molecule has 5 N–H and O–H groups in total. The zero-order valence-corrected chi connectivity index (χ0v) is 8.10. The van der Waals surface area contributed by atoms with Crippen LogP contribution >= 0.6 is 11.8 Å². The Bertz CT molecular complexity index is 345. The maximum absolute atomic E-state index is 12.6. The normalized spacial score (nSPS) is 9.86. The molecule has 0 fully saturated rings. The number of nitrogen functional groups attached to an aromatic ring is 1. The molecule has 1 amide bonds. The van der Waals surface area contributed by atoms with E-state index >= 15 is 0 Å². The van der Waals surface area contributed by atoms with Gasteiger partial charge < -0.3 is 5.73 Å². The number of hydrogen-bond acceptors (Lipinski definition) is 4. The third-order valence-corrected chi connectivity index (χ3v) is 2.58. The van der Waals surface area contributed by atoms with Crippen LogP contribution in [0.1, 0.15) is 0 Å². The Kier molecular flexibility index (Phi) is 3.73. The molecular weight excluding hydrogens is 205 g/mol. The van der Waals surface area contributed by atoms with E-state index in [0.717, 1.165) is 0 Å². The Morgan fingerprint density at radius 2 is 2.29 bits per heavy atom. The third kappa shape index (κ3) is 2.90. The molecule has 0 spiro atoms. The number of anilines is 1. The zero-order valence-electron chi connectivity index (χ0n) is 7.29. The van der Waals surface area contributed by atoms with Crippen LogP contribution in [0.25, 0.3) is 0 Å². The van der Waals surface area contributed by atoms with Crippen molar-refractivity contribution < 1.29 is 9.18 Å². The second-order valence-electron chi connectivity index (χ2n) is 2.54. The highest BCUT2D eigenvalue weighted by atomic mass is 32.2. The predicted molar refractivity (Wildman–Crippen MR) is 53.9 cm³/mol. The van der Waals surface area contributed by atoms with E-state index in [4.69, 9.17) is 11.6 Å². The minimum Gasteiger partial charge on any atom is -0.398 e. The molecular formula is C8H10FN3OS. The number of amides is 1. The number of halogens is 1. The monoisotopic (exact) mass is 215 g/mol. The topological polar surface area (TPSA) is 81.1 Å².